The highest BCUT2D eigenvalue weighted by Gasteiger charge is 2.23. The van der Waals surface area contributed by atoms with Gasteiger partial charge in [-0.2, -0.15) is 0 Å². The van der Waals surface area contributed by atoms with Crippen LogP contribution in [-0.4, -0.2) is 27.7 Å². The Bertz CT molecular complexity index is 1180. The summed E-state index contributed by atoms with van der Waals surface area (Å²) in [5, 5.41) is 3.33. The fraction of sp³-hybridized carbons (Fsp3) is 0.414. The monoisotopic (exact) mass is 473 g/mol. The molecule has 0 atom stereocenters. The van der Waals surface area contributed by atoms with Crippen molar-refractivity contribution in [2.75, 3.05) is 11.9 Å². The molecule has 0 amide bonds. The molecule has 0 bridgehead atoms. The second-order valence-electron chi connectivity index (χ2n) is 10.3. The highest BCUT2D eigenvalue weighted by molar-refractivity contribution is 5.71. The molecule has 0 aliphatic heterocycles. The zero-order chi connectivity index (χ0) is 24.8. The van der Waals surface area contributed by atoms with Crippen LogP contribution in [0.1, 0.15) is 57.9 Å². The first-order valence-electron chi connectivity index (χ1n) is 12.5. The van der Waals surface area contributed by atoms with Gasteiger partial charge >= 0.3 is 5.97 Å². The van der Waals surface area contributed by atoms with Gasteiger partial charge in [0.25, 0.3) is 5.56 Å². The summed E-state index contributed by atoms with van der Waals surface area (Å²) in [6.07, 6.45) is 6.14. The number of carbonyl (C=O) groups excluding carboxylic acids is 1. The number of rotatable bonds is 7. The molecule has 1 aliphatic rings. The van der Waals surface area contributed by atoms with E-state index >= 15 is 0 Å². The summed E-state index contributed by atoms with van der Waals surface area (Å²) < 4.78 is 6.90. The van der Waals surface area contributed by atoms with Crippen LogP contribution in [0.15, 0.2) is 71.7 Å². The fourth-order valence-corrected chi connectivity index (χ4v) is 4.76. The van der Waals surface area contributed by atoms with Gasteiger partial charge < -0.3 is 10.1 Å². The number of esters is 1. The standard InChI is InChI=1S/C29H35N3O3/c1-29(2,3)35-26(33)20-32-27(24-12-8-5-9-13-24)31-19-25(28(32)34)30-18-21-14-16-23(17-15-21)22-10-6-4-7-11-22/h4-13,19,21,23,30H,14-18,20H2,1-3H3. The molecule has 2 aromatic carbocycles. The van der Waals surface area contributed by atoms with Gasteiger partial charge in [0.2, 0.25) is 0 Å². The van der Waals surface area contributed by atoms with Crippen LogP contribution < -0.4 is 10.9 Å². The average Bonchev–Trinajstić information content (AvgIpc) is 2.85. The minimum absolute atomic E-state index is 0.189. The number of hydrogen-bond donors (Lipinski definition) is 1. The Labute approximate surface area is 207 Å². The molecule has 0 unspecified atom stereocenters. The number of nitrogens with zero attached hydrogens (tertiary/aromatic N) is 2. The molecule has 0 radical (unpaired) electrons. The fourth-order valence-electron chi connectivity index (χ4n) is 4.76. The molecule has 0 saturated heterocycles. The molecule has 1 aliphatic carbocycles. The van der Waals surface area contributed by atoms with Crippen molar-refractivity contribution >= 4 is 11.7 Å². The third-order valence-corrected chi connectivity index (χ3v) is 6.49. The van der Waals surface area contributed by atoms with Crippen LogP contribution in [0.2, 0.25) is 0 Å². The minimum atomic E-state index is -0.629. The van der Waals surface area contributed by atoms with Gasteiger partial charge in [0.05, 0.1) is 6.20 Å². The number of anilines is 1. The summed E-state index contributed by atoms with van der Waals surface area (Å²) in [5.41, 5.74) is 1.72. The van der Waals surface area contributed by atoms with E-state index in [2.05, 4.69) is 40.6 Å². The second-order valence-corrected chi connectivity index (χ2v) is 10.3. The third-order valence-electron chi connectivity index (χ3n) is 6.49. The van der Waals surface area contributed by atoms with Gasteiger partial charge in [-0.15, -0.1) is 0 Å². The van der Waals surface area contributed by atoms with Gasteiger partial charge in [-0.05, 0) is 63.9 Å². The summed E-state index contributed by atoms with van der Waals surface area (Å²) in [6, 6.07) is 20.2. The van der Waals surface area contributed by atoms with Crippen molar-refractivity contribution in [1.82, 2.24) is 9.55 Å². The van der Waals surface area contributed by atoms with Crippen molar-refractivity contribution < 1.29 is 9.53 Å². The summed E-state index contributed by atoms with van der Waals surface area (Å²) >= 11 is 0. The number of ether oxygens (including phenoxy) is 1. The molecule has 184 valence electrons. The average molecular weight is 474 g/mol. The first kappa shape index (κ1) is 24.7. The normalized spacial score (nSPS) is 18.1. The Morgan fingerprint density at radius 2 is 1.63 bits per heavy atom. The van der Waals surface area contributed by atoms with E-state index in [1.165, 1.54) is 10.1 Å². The van der Waals surface area contributed by atoms with E-state index in [1.54, 1.807) is 6.20 Å². The largest absolute Gasteiger partial charge is 0.459 e. The van der Waals surface area contributed by atoms with Crippen LogP contribution in [0.4, 0.5) is 5.69 Å². The Kier molecular flexibility index (Phi) is 7.69. The van der Waals surface area contributed by atoms with E-state index in [4.69, 9.17) is 4.74 Å². The third kappa shape index (κ3) is 6.59. The van der Waals surface area contributed by atoms with Crippen LogP contribution in [-0.2, 0) is 16.1 Å². The van der Waals surface area contributed by atoms with Crippen LogP contribution >= 0.6 is 0 Å². The Hall–Kier alpha value is -3.41. The molecule has 1 fully saturated rings. The smallest absolute Gasteiger partial charge is 0.326 e. The number of benzene rings is 2. The van der Waals surface area contributed by atoms with Gasteiger partial charge in [0.1, 0.15) is 23.7 Å². The van der Waals surface area contributed by atoms with E-state index in [-0.39, 0.29) is 12.1 Å². The highest BCUT2D eigenvalue weighted by atomic mass is 16.6. The molecular weight excluding hydrogens is 438 g/mol. The predicted molar refractivity (Wildman–Crippen MR) is 139 cm³/mol. The molecular formula is C29H35N3O3. The molecule has 1 N–H and O–H groups in total. The lowest BCUT2D eigenvalue weighted by Crippen LogP contribution is -2.33. The first-order chi connectivity index (χ1) is 16.8. The Morgan fingerprint density at radius 1 is 1.00 bits per heavy atom. The number of carbonyl (C=O) groups is 1. The van der Waals surface area contributed by atoms with Gasteiger partial charge in [-0.25, -0.2) is 4.98 Å². The van der Waals surface area contributed by atoms with Gasteiger partial charge in [-0.1, -0.05) is 60.7 Å². The van der Waals surface area contributed by atoms with Crippen LogP contribution in [0.25, 0.3) is 11.4 Å². The van der Waals surface area contributed by atoms with Crippen molar-refractivity contribution in [3.8, 4) is 11.4 Å². The van der Waals surface area contributed by atoms with Gasteiger partial charge in [0.15, 0.2) is 0 Å². The van der Waals surface area contributed by atoms with Crippen LogP contribution in [0.5, 0.6) is 0 Å². The minimum Gasteiger partial charge on any atom is -0.459 e. The summed E-state index contributed by atoms with van der Waals surface area (Å²) in [6.45, 7) is 5.97. The summed E-state index contributed by atoms with van der Waals surface area (Å²) in [5.74, 6) is 1.11. The molecule has 1 heterocycles. The lowest BCUT2D eigenvalue weighted by molar-refractivity contribution is -0.155. The quantitative estimate of drug-likeness (QED) is 0.450. The van der Waals surface area contributed by atoms with Gasteiger partial charge in [-0.3, -0.25) is 14.2 Å². The Balaban J connectivity index is 1.47. The van der Waals surface area contributed by atoms with Crippen molar-refractivity contribution in [3.05, 3.63) is 82.8 Å². The van der Waals surface area contributed by atoms with E-state index in [0.717, 1.165) is 37.8 Å². The van der Waals surface area contributed by atoms with Crippen LogP contribution in [0, 0.1) is 5.92 Å². The maximum absolute atomic E-state index is 13.4. The van der Waals surface area contributed by atoms with Crippen molar-refractivity contribution in [2.24, 2.45) is 5.92 Å². The molecule has 3 aromatic rings. The first-order valence-corrected chi connectivity index (χ1v) is 12.5. The molecule has 0 spiro atoms. The SMILES string of the molecule is CC(C)(C)OC(=O)Cn1c(-c2ccccc2)ncc(NCC2CCC(c3ccccc3)CC2)c1=O. The van der Waals surface area contributed by atoms with E-state index in [0.29, 0.717) is 23.3 Å². The molecule has 6 heteroatoms. The summed E-state index contributed by atoms with van der Waals surface area (Å²) in [4.78, 5) is 30.6. The molecule has 6 nitrogen and oxygen atoms in total. The maximum atomic E-state index is 13.4. The predicted octanol–water partition coefficient (Wildman–Crippen LogP) is 5.64. The zero-order valence-corrected chi connectivity index (χ0v) is 20.9. The lowest BCUT2D eigenvalue weighted by atomic mass is 9.79. The maximum Gasteiger partial charge on any atom is 0.326 e. The second kappa shape index (κ2) is 10.9. The van der Waals surface area contributed by atoms with Crippen LogP contribution in [0.3, 0.4) is 0 Å². The molecule has 1 saturated carbocycles. The lowest BCUT2D eigenvalue weighted by Gasteiger charge is -2.29. The summed E-state index contributed by atoms with van der Waals surface area (Å²) in [7, 11) is 0. The molecule has 35 heavy (non-hydrogen) atoms. The van der Waals surface area contributed by atoms with E-state index in [9.17, 15) is 9.59 Å². The van der Waals surface area contributed by atoms with E-state index < -0.39 is 11.6 Å². The number of nitrogens with one attached hydrogen (secondary N) is 1. The number of hydrogen-bond acceptors (Lipinski definition) is 5. The van der Waals surface area contributed by atoms with Gasteiger partial charge in [0, 0.05) is 12.1 Å². The van der Waals surface area contributed by atoms with Crippen molar-refractivity contribution in [2.45, 2.75) is 64.5 Å². The Morgan fingerprint density at radius 3 is 2.26 bits per heavy atom. The van der Waals surface area contributed by atoms with Crippen molar-refractivity contribution in [1.29, 1.82) is 0 Å². The molecule has 4 rings (SSSR count). The zero-order valence-electron chi connectivity index (χ0n) is 20.9. The van der Waals surface area contributed by atoms with Crippen molar-refractivity contribution in [3.63, 3.8) is 0 Å². The topological polar surface area (TPSA) is 73.2 Å². The van der Waals surface area contributed by atoms with E-state index in [1.807, 2.05) is 51.1 Å². The highest BCUT2D eigenvalue weighted by Crippen LogP contribution is 2.35. The number of aromatic nitrogens is 2. The molecule has 1 aromatic heterocycles.